The van der Waals surface area contributed by atoms with E-state index in [9.17, 15) is 9.59 Å². The zero-order chi connectivity index (χ0) is 12.7. The van der Waals surface area contributed by atoms with Crippen molar-refractivity contribution in [3.63, 3.8) is 0 Å². The van der Waals surface area contributed by atoms with Gasteiger partial charge >= 0.3 is 12.0 Å². The van der Waals surface area contributed by atoms with Crippen LogP contribution in [0.5, 0.6) is 0 Å². The third-order valence-corrected chi connectivity index (χ3v) is 2.38. The number of carbonyl (C=O) groups is 2. The molecule has 2 amide bonds. The van der Waals surface area contributed by atoms with Gasteiger partial charge in [0.2, 0.25) is 0 Å². The summed E-state index contributed by atoms with van der Waals surface area (Å²) in [6.45, 7) is 4.17. The SMILES string of the molecule is C#CCN(CC)C(=O)N(C)C(CC)C(=O)O. The number of amides is 2. The van der Waals surface area contributed by atoms with E-state index < -0.39 is 12.0 Å². The fourth-order valence-electron chi connectivity index (χ4n) is 1.40. The van der Waals surface area contributed by atoms with Crippen LogP contribution in [0.4, 0.5) is 4.79 Å². The maximum Gasteiger partial charge on any atom is 0.326 e. The Kier molecular flexibility index (Phi) is 6.01. The van der Waals surface area contributed by atoms with Crippen LogP contribution in [-0.4, -0.2) is 53.1 Å². The van der Waals surface area contributed by atoms with E-state index in [1.165, 1.54) is 16.8 Å². The number of carboxylic acids is 1. The van der Waals surface area contributed by atoms with Gasteiger partial charge in [0.15, 0.2) is 0 Å². The number of urea groups is 1. The van der Waals surface area contributed by atoms with Crippen molar-refractivity contribution < 1.29 is 14.7 Å². The van der Waals surface area contributed by atoms with Crippen LogP contribution in [0, 0.1) is 12.3 Å². The minimum Gasteiger partial charge on any atom is -0.480 e. The first kappa shape index (κ1) is 14.3. The van der Waals surface area contributed by atoms with Gasteiger partial charge in [0.25, 0.3) is 0 Å². The Morgan fingerprint density at radius 3 is 2.31 bits per heavy atom. The van der Waals surface area contributed by atoms with Crippen molar-refractivity contribution in [3.05, 3.63) is 0 Å². The highest BCUT2D eigenvalue weighted by Gasteiger charge is 2.27. The van der Waals surface area contributed by atoms with Gasteiger partial charge in [0, 0.05) is 13.6 Å². The lowest BCUT2D eigenvalue weighted by molar-refractivity contribution is -0.142. The highest BCUT2D eigenvalue weighted by Crippen LogP contribution is 2.06. The second-order valence-corrected chi connectivity index (χ2v) is 3.37. The minimum absolute atomic E-state index is 0.190. The Bertz CT molecular complexity index is 296. The molecule has 0 aromatic heterocycles. The van der Waals surface area contributed by atoms with Gasteiger partial charge < -0.3 is 14.9 Å². The number of terminal acetylenes is 1. The lowest BCUT2D eigenvalue weighted by Gasteiger charge is -2.29. The molecule has 90 valence electrons. The van der Waals surface area contributed by atoms with Crippen LogP contribution in [0.2, 0.25) is 0 Å². The van der Waals surface area contributed by atoms with Crippen molar-refractivity contribution >= 4 is 12.0 Å². The van der Waals surface area contributed by atoms with E-state index in [1.807, 2.05) is 0 Å². The van der Waals surface area contributed by atoms with Gasteiger partial charge in [0.1, 0.15) is 6.04 Å². The summed E-state index contributed by atoms with van der Waals surface area (Å²) in [4.78, 5) is 25.4. The highest BCUT2D eigenvalue weighted by atomic mass is 16.4. The summed E-state index contributed by atoms with van der Waals surface area (Å²) in [5.74, 6) is 1.37. The van der Waals surface area contributed by atoms with E-state index in [0.717, 1.165) is 0 Å². The number of likely N-dealkylation sites (N-methyl/N-ethyl adjacent to an activating group) is 1. The summed E-state index contributed by atoms with van der Waals surface area (Å²) in [7, 11) is 1.48. The fourth-order valence-corrected chi connectivity index (χ4v) is 1.40. The molecule has 5 heteroatoms. The van der Waals surface area contributed by atoms with E-state index in [4.69, 9.17) is 11.5 Å². The maximum atomic E-state index is 11.9. The van der Waals surface area contributed by atoms with Gasteiger partial charge in [-0.05, 0) is 13.3 Å². The predicted molar refractivity (Wildman–Crippen MR) is 61.0 cm³/mol. The molecule has 0 aliphatic rings. The summed E-state index contributed by atoms with van der Waals surface area (Å²) >= 11 is 0. The summed E-state index contributed by atoms with van der Waals surface area (Å²) < 4.78 is 0. The van der Waals surface area contributed by atoms with Crippen molar-refractivity contribution in [1.82, 2.24) is 9.80 Å². The molecule has 0 rings (SSSR count). The number of hydrogen-bond donors (Lipinski definition) is 1. The Hall–Kier alpha value is -1.70. The molecule has 0 saturated heterocycles. The van der Waals surface area contributed by atoms with Gasteiger partial charge in [-0.15, -0.1) is 6.42 Å². The lowest BCUT2D eigenvalue weighted by atomic mass is 10.2. The average molecular weight is 226 g/mol. The summed E-state index contributed by atoms with van der Waals surface area (Å²) in [5.41, 5.74) is 0. The topological polar surface area (TPSA) is 60.9 Å². The average Bonchev–Trinajstić information content (AvgIpc) is 2.25. The Labute approximate surface area is 96.0 Å². The molecule has 0 aliphatic carbocycles. The first-order valence-electron chi connectivity index (χ1n) is 5.17. The second-order valence-electron chi connectivity index (χ2n) is 3.37. The van der Waals surface area contributed by atoms with Crippen molar-refractivity contribution in [1.29, 1.82) is 0 Å². The Morgan fingerprint density at radius 2 is 2.00 bits per heavy atom. The van der Waals surface area contributed by atoms with Crippen LogP contribution in [0.3, 0.4) is 0 Å². The molecule has 0 radical (unpaired) electrons. The molecule has 0 saturated carbocycles. The molecule has 0 heterocycles. The largest absolute Gasteiger partial charge is 0.480 e. The first-order valence-corrected chi connectivity index (χ1v) is 5.17. The van der Waals surface area contributed by atoms with Crippen molar-refractivity contribution in [2.45, 2.75) is 26.3 Å². The maximum absolute atomic E-state index is 11.9. The summed E-state index contributed by atoms with van der Waals surface area (Å²) in [5, 5.41) is 8.92. The fraction of sp³-hybridized carbons (Fsp3) is 0.636. The van der Waals surface area contributed by atoms with E-state index in [1.54, 1.807) is 13.8 Å². The number of nitrogens with zero attached hydrogens (tertiary/aromatic N) is 2. The van der Waals surface area contributed by atoms with Crippen LogP contribution in [-0.2, 0) is 4.79 Å². The second kappa shape index (κ2) is 6.72. The number of carbonyl (C=O) groups excluding carboxylic acids is 1. The number of hydrogen-bond acceptors (Lipinski definition) is 2. The van der Waals surface area contributed by atoms with E-state index in [0.29, 0.717) is 13.0 Å². The number of rotatable bonds is 5. The van der Waals surface area contributed by atoms with Gasteiger partial charge in [0.05, 0.1) is 6.54 Å². The molecule has 0 spiro atoms. The van der Waals surface area contributed by atoms with Crippen molar-refractivity contribution in [3.8, 4) is 12.3 Å². The summed E-state index contributed by atoms with van der Waals surface area (Å²) in [6, 6.07) is -1.16. The molecule has 0 aliphatic heterocycles. The molecule has 1 atom stereocenters. The molecular weight excluding hydrogens is 208 g/mol. The number of carboxylic acid groups (broad SMARTS) is 1. The summed E-state index contributed by atoms with van der Waals surface area (Å²) in [6.07, 6.45) is 5.50. The zero-order valence-corrected chi connectivity index (χ0v) is 9.93. The van der Waals surface area contributed by atoms with Crippen molar-refractivity contribution in [2.75, 3.05) is 20.1 Å². The zero-order valence-electron chi connectivity index (χ0n) is 9.93. The molecule has 5 nitrogen and oxygen atoms in total. The molecule has 0 aromatic carbocycles. The molecule has 0 bridgehead atoms. The molecule has 1 N–H and O–H groups in total. The van der Waals surface area contributed by atoms with Crippen LogP contribution in [0.25, 0.3) is 0 Å². The van der Waals surface area contributed by atoms with E-state index in [2.05, 4.69) is 5.92 Å². The lowest BCUT2D eigenvalue weighted by Crippen LogP contribution is -2.48. The monoisotopic (exact) mass is 226 g/mol. The van der Waals surface area contributed by atoms with E-state index >= 15 is 0 Å². The standard InChI is InChI=1S/C11H18N2O3/c1-5-8-13(7-3)11(16)12(4)9(6-2)10(14)15/h1,9H,6-8H2,2-4H3,(H,14,15). The quantitative estimate of drug-likeness (QED) is 0.707. The van der Waals surface area contributed by atoms with E-state index in [-0.39, 0.29) is 12.6 Å². The van der Waals surface area contributed by atoms with Crippen LogP contribution in [0.1, 0.15) is 20.3 Å². The molecule has 16 heavy (non-hydrogen) atoms. The van der Waals surface area contributed by atoms with Gasteiger partial charge in [-0.2, -0.15) is 0 Å². The third kappa shape index (κ3) is 3.46. The number of aliphatic carboxylic acids is 1. The Balaban J connectivity index is 4.69. The van der Waals surface area contributed by atoms with Crippen molar-refractivity contribution in [2.24, 2.45) is 0 Å². The molecule has 0 aromatic rings. The van der Waals surface area contributed by atoms with Gasteiger partial charge in [-0.25, -0.2) is 9.59 Å². The van der Waals surface area contributed by atoms with Crippen LogP contribution >= 0.6 is 0 Å². The first-order chi connectivity index (χ1) is 7.49. The smallest absolute Gasteiger partial charge is 0.326 e. The normalized spacial score (nSPS) is 11.4. The molecular formula is C11H18N2O3. The van der Waals surface area contributed by atoms with Crippen LogP contribution in [0.15, 0.2) is 0 Å². The van der Waals surface area contributed by atoms with Gasteiger partial charge in [-0.1, -0.05) is 12.8 Å². The van der Waals surface area contributed by atoms with Gasteiger partial charge in [-0.3, -0.25) is 0 Å². The Morgan fingerprint density at radius 1 is 1.44 bits per heavy atom. The minimum atomic E-state index is -1.00. The molecule has 0 fully saturated rings. The molecule has 1 unspecified atom stereocenters. The highest BCUT2D eigenvalue weighted by molar-refractivity contribution is 5.82. The van der Waals surface area contributed by atoms with Crippen LogP contribution < -0.4 is 0 Å². The predicted octanol–water partition coefficient (Wildman–Crippen LogP) is 0.856. The third-order valence-electron chi connectivity index (χ3n) is 2.38.